The molecule has 1 unspecified atom stereocenters. The number of aliphatic carboxylic acids is 1. The van der Waals surface area contributed by atoms with Crippen molar-refractivity contribution in [2.24, 2.45) is 5.92 Å². The van der Waals surface area contributed by atoms with E-state index in [4.69, 9.17) is 4.74 Å². The zero-order valence-corrected chi connectivity index (χ0v) is 16.7. The zero-order valence-electron chi connectivity index (χ0n) is 14.2. The van der Waals surface area contributed by atoms with Gasteiger partial charge in [0.1, 0.15) is 0 Å². The molecule has 1 aliphatic rings. The Hall–Kier alpha value is 0.220. The molecule has 1 rings (SSSR count). The van der Waals surface area contributed by atoms with Gasteiger partial charge >= 0.3 is 5.97 Å². The third-order valence-electron chi connectivity index (χ3n) is 4.13. The summed E-state index contributed by atoms with van der Waals surface area (Å²) in [5, 5.41) is 9.23. The Morgan fingerprint density at radius 3 is 2.00 bits per heavy atom. The van der Waals surface area contributed by atoms with E-state index in [0.717, 1.165) is 71.6 Å². The summed E-state index contributed by atoms with van der Waals surface area (Å²) in [6.45, 7) is 9.04. The van der Waals surface area contributed by atoms with Crippen molar-refractivity contribution in [2.45, 2.75) is 32.6 Å². The molecule has 0 amide bonds. The summed E-state index contributed by atoms with van der Waals surface area (Å²) in [7, 11) is 1.73. The van der Waals surface area contributed by atoms with Crippen molar-refractivity contribution in [2.75, 3.05) is 53.0 Å². The van der Waals surface area contributed by atoms with Gasteiger partial charge in [0.15, 0.2) is 0 Å². The van der Waals surface area contributed by atoms with Crippen LogP contribution in [0.15, 0.2) is 0 Å². The highest BCUT2D eigenvalue weighted by molar-refractivity contribution is 5.86. The highest BCUT2D eigenvalue weighted by atomic mass is 35.5. The third-order valence-corrected chi connectivity index (χ3v) is 4.13. The van der Waals surface area contributed by atoms with Crippen LogP contribution in [0.3, 0.4) is 0 Å². The first-order valence-corrected chi connectivity index (χ1v) is 7.83. The average Bonchev–Trinajstić information content (AvgIpc) is 2.46. The molecule has 0 radical (unpaired) electrons. The van der Waals surface area contributed by atoms with E-state index in [9.17, 15) is 9.90 Å². The fraction of sp³-hybridized carbons (Fsp3) is 0.933. The van der Waals surface area contributed by atoms with Crippen LogP contribution in [0.2, 0.25) is 0 Å². The van der Waals surface area contributed by atoms with Gasteiger partial charge in [0.2, 0.25) is 0 Å². The van der Waals surface area contributed by atoms with Crippen molar-refractivity contribution in [3.8, 4) is 0 Å². The molecule has 1 N–H and O–H groups in total. The van der Waals surface area contributed by atoms with E-state index in [-0.39, 0.29) is 43.1 Å². The fourth-order valence-electron chi connectivity index (χ4n) is 2.64. The van der Waals surface area contributed by atoms with Gasteiger partial charge in [-0.15, -0.1) is 37.2 Å². The number of carboxylic acids is 1. The highest BCUT2D eigenvalue weighted by Gasteiger charge is 2.20. The topological polar surface area (TPSA) is 53.0 Å². The minimum atomic E-state index is -0.628. The molecule has 1 heterocycles. The molecule has 142 valence electrons. The number of ether oxygens (including phenoxy) is 1. The number of carbonyl (C=O) groups is 1. The summed E-state index contributed by atoms with van der Waals surface area (Å²) in [4.78, 5) is 16.0. The molecule has 0 saturated carbocycles. The minimum absolute atomic E-state index is 0. The Morgan fingerprint density at radius 2 is 1.57 bits per heavy atom. The van der Waals surface area contributed by atoms with Crippen LogP contribution < -0.4 is 0 Å². The fourth-order valence-corrected chi connectivity index (χ4v) is 2.64. The van der Waals surface area contributed by atoms with E-state index in [0.29, 0.717) is 0 Å². The maximum Gasteiger partial charge on any atom is 0.306 e. The SMILES string of the molecule is CCCCC(CCN1CCN(CCOC)CC1)C(=O)O.Cl.Cl.Cl. The van der Waals surface area contributed by atoms with E-state index < -0.39 is 5.97 Å². The van der Waals surface area contributed by atoms with Gasteiger partial charge in [-0.3, -0.25) is 9.69 Å². The quantitative estimate of drug-likeness (QED) is 0.616. The number of hydrogen-bond donors (Lipinski definition) is 1. The van der Waals surface area contributed by atoms with Crippen LogP contribution in [-0.2, 0) is 9.53 Å². The largest absolute Gasteiger partial charge is 0.481 e. The van der Waals surface area contributed by atoms with Gasteiger partial charge in [-0.05, 0) is 19.4 Å². The van der Waals surface area contributed by atoms with Gasteiger partial charge in [0, 0.05) is 39.8 Å². The van der Waals surface area contributed by atoms with Crippen molar-refractivity contribution >= 4 is 43.2 Å². The number of hydrogen-bond acceptors (Lipinski definition) is 4. The number of methoxy groups -OCH3 is 1. The van der Waals surface area contributed by atoms with Gasteiger partial charge in [-0.25, -0.2) is 0 Å². The Morgan fingerprint density at radius 1 is 1.04 bits per heavy atom. The monoisotopic (exact) mass is 394 g/mol. The van der Waals surface area contributed by atoms with Crippen LogP contribution in [0.4, 0.5) is 0 Å². The Balaban J connectivity index is -0.00000133. The molecule has 23 heavy (non-hydrogen) atoms. The van der Waals surface area contributed by atoms with E-state index in [1.165, 1.54) is 0 Å². The van der Waals surface area contributed by atoms with Crippen molar-refractivity contribution in [3.63, 3.8) is 0 Å². The van der Waals surface area contributed by atoms with Gasteiger partial charge in [0.25, 0.3) is 0 Å². The summed E-state index contributed by atoms with van der Waals surface area (Å²) >= 11 is 0. The lowest BCUT2D eigenvalue weighted by Gasteiger charge is -2.34. The summed E-state index contributed by atoms with van der Waals surface area (Å²) in [6, 6.07) is 0. The lowest BCUT2D eigenvalue weighted by Crippen LogP contribution is -2.47. The van der Waals surface area contributed by atoms with Gasteiger partial charge < -0.3 is 14.7 Å². The highest BCUT2D eigenvalue weighted by Crippen LogP contribution is 2.14. The number of halogens is 3. The first-order chi connectivity index (χ1) is 9.67. The Bertz CT molecular complexity index is 279. The molecule has 0 aliphatic carbocycles. The maximum absolute atomic E-state index is 11.2. The molecule has 5 nitrogen and oxygen atoms in total. The molecule has 0 bridgehead atoms. The summed E-state index contributed by atoms with van der Waals surface area (Å²) in [6.07, 6.45) is 3.69. The Kier molecular flexibility index (Phi) is 20.8. The van der Waals surface area contributed by atoms with E-state index >= 15 is 0 Å². The molecule has 1 fully saturated rings. The normalized spacial score (nSPS) is 16.6. The second kappa shape index (κ2) is 17.1. The second-order valence-corrected chi connectivity index (χ2v) is 5.64. The van der Waals surface area contributed by atoms with Crippen LogP contribution in [0.5, 0.6) is 0 Å². The number of nitrogens with zero attached hydrogens (tertiary/aromatic N) is 2. The predicted molar refractivity (Wildman–Crippen MR) is 102 cm³/mol. The molecule has 8 heteroatoms. The first-order valence-electron chi connectivity index (χ1n) is 7.83. The Labute approximate surface area is 159 Å². The second-order valence-electron chi connectivity index (χ2n) is 5.64. The van der Waals surface area contributed by atoms with E-state index in [2.05, 4.69) is 16.7 Å². The van der Waals surface area contributed by atoms with Crippen molar-refractivity contribution in [3.05, 3.63) is 0 Å². The van der Waals surface area contributed by atoms with Crippen LogP contribution in [0, 0.1) is 5.92 Å². The van der Waals surface area contributed by atoms with Gasteiger partial charge in [-0.2, -0.15) is 0 Å². The first kappa shape index (κ1) is 28.0. The van der Waals surface area contributed by atoms with E-state index in [1.54, 1.807) is 7.11 Å². The summed E-state index contributed by atoms with van der Waals surface area (Å²) < 4.78 is 5.09. The number of unbranched alkanes of at least 4 members (excludes halogenated alkanes) is 1. The molecular formula is C15H33Cl3N2O3. The number of piperazine rings is 1. The van der Waals surface area contributed by atoms with Gasteiger partial charge in [0.05, 0.1) is 12.5 Å². The average molecular weight is 396 g/mol. The van der Waals surface area contributed by atoms with Gasteiger partial charge in [-0.1, -0.05) is 19.8 Å². The van der Waals surface area contributed by atoms with E-state index in [1.807, 2.05) is 0 Å². The zero-order chi connectivity index (χ0) is 14.8. The minimum Gasteiger partial charge on any atom is -0.481 e. The van der Waals surface area contributed by atoms with Crippen LogP contribution in [-0.4, -0.2) is 73.9 Å². The molecule has 0 aromatic carbocycles. The number of rotatable bonds is 10. The molecule has 0 spiro atoms. The number of carboxylic acid groups (broad SMARTS) is 1. The third kappa shape index (κ3) is 12.3. The van der Waals surface area contributed by atoms with Crippen molar-refractivity contribution in [1.29, 1.82) is 0 Å². The van der Waals surface area contributed by atoms with Crippen LogP contribution in [0.1, 0.15) is 32.6 Å². The lowest BCUT2D eigenvalue weighted by molar-refractivity contribution is -0.142. The summed E-state index contributed by atoms with van der Waals surface area (Å²) in [5.74, 6) is -0.793. The lowest BCUT2D eigenvalue weighted by atomic mass is 9.98. The molecule has 1 aliphatic heterocycles. The molecule has 1 saturated heterocycles. The molecule has 0 aromatic rings. The summed E-state index contributed by atoms with van der Waals surface area (Å²) in [5.41, 5.74) is 0. The molecule has 0 aromatic heterocycles. The van der Waals surface area contributed by atoms with Crippen LogP contribution in [0.25, 0.3) is 0 Å². The smallest absolute Gasteiger partial charge is 0.306 e. The van der Waals surface area contributed by atoms with Crippen molar-refractivity contribution < 1.29 is 14.6 Å². The molecular weight excluding hydrogens is 363 g/mol. The maximum atomic E-state index is 11.2. The van der Waals surface area contributed by atoms with Crippen molar-refractivity contribution in [1.82, 2.24) is 9.80 Å². The standard InChI is InChI=1S/C15H30N2O3.3ClH/c1-3-4-5-14(15(18)19)6-7-16-8-10-17(11-9-16)12-13-20-2;;;/h14H,3-13H2,1-2H3,(H,18,19);3*1H. The molecule has 1 atom stereocenters. The predicted octanol–water partition coefficient (Wildman–Crippen LogP) is 2.80. The van der Waals surface area contributed by atoms with Crippen LogP contribution >= 0.6 is 37.2 Å².